The summed E-state index contributed by atoms with van der Waals surface area (Å²) >= 11 is 1.58. The molecule has 0 bridgehead atoms. The van der Waals surface area contributed by atoms with Gasteiger partial charge in [0.2, 0.25) is 0 Å². The standard InChI is InChI=1S/C15H12N2O2S/c18-15(11-4-2-1-3-5-11)19-10-17-13-6-8-16-14-12(13)7-9-20-14/h1-9H,10H2,(H,16,17). The Hall–Kier alpha value is -2.40. The van der Waals surface area contributed by atoms with Crippen molar-refractivity contribution in [3.8, 4) is 0 Å². The highest BCUT2D eigenvalue weighted by Gasteiger charge is 2.06. The van der Waals surface area contributed by atoms with Crippen molar-refractivity contribution in [3.05, 3.63) is 59.6 Å². The zero-order valence-corrected chi connectivity index (χ0v) is 11.4. The average Bonchev–Trinajstić information content (AvgIpc) is 2.97. The molecular formula is C15H12N2O2S. The van der Waals surface area contributed by atoms with Gasteiger partial charge in [0.15, 0.2) is 6.73 Å². The van der Waals surface area contributed by atoms with Crippen LogP contribution in [0.5, 0.6) is 0 Å². The fraction of sp³-hybridized carbons (Fsp3) is 0.0667. The van der Waals surface area contributed by atoms with Gasteiger partial charge in [-0.1, -0.05) is 18.2 Å². The van der Waals surface area contributed by atoms with E-state index in [0.717, 1.165) is 15.9 Å². The van der Waals surface area contributed by atoms with Gasteiger partial charge >= 0.3 is 5.97 Å². The minimum absolute atomic E-state index is 0.128. The molecule has 100 valence electrons. The first-order valence-electron chi connectivity index (χ1n) is 6.13. The molecule has 0 atom stereocenters. The maximum absolute atomic E-state index is 11.8. The van der Waals surface area contributed by atoms with Crippen molar-refractivity contribution in [2.75, 3.05) is 12.0 Å². The van der Waals surface area contributed by atoms with Gasteiger partial charge in [0.05, 0.1) is 5.56 Å². The number of pyridine rings is 1. The maximum atomic E-state index is 11.8. The molecule has 1 N–H and O–H groups in total. The minimum Gasteiger partial charge on any atom is -0.441 e. The highest BCUT2D eigenvalue weighted by Crippen LogP contribution is 2.25. The Morgan fingerprint density at radius 3 is 2.90 bits per heavy atom. The number of anilines is 1. The van der Waals surface area contributed by atoms with Gasteiger partial charge in [0.1, 0.15) is 4.83 Å². The second-order valence-electron chi connectivity index (χ2n) is 4.12. The summed E-state index contributed by atoms with van der Waals surface area (Å²) < 4.78 is 5.19. The zero-order chi connectivity index (χ0) is 13.8. The highest BCUT2D eigenvalue weighted by atomic mass is 32.1. The van der Waals surface area contributed by atoms with Gasteiger partial charge in [0, 0.05) is 17.3 Å². The molecule has 2 heterocycles. The van der Waals surface area contributed by atoms with E-state index in [9.17, 15) is 4.79 Å². The van der Waals surface area contributed by atoms with E-state index in [0.29, 0.717) is 5.56 Å². The zero-order valence-electron chi connectivity index (χ0n) is 10.6. The fourth-order valence-corrected chi connectivity index (χ4v) is 2.63. The molecule has 20 heavy (non-hydrogen) atoms. The number of carbonyl (C=O) groups is 1. The summed E-state index contributed by atoms with van der Waals surface area (Å²) in [6.45, 7) is 0.128. The van der Waals surface area contributed by atoms with Crippen LogP contribution in [0, 0.1) is 0 Å². The Labute approximate surface area is 120 Å². The van der Waals surface area contributed by atoms with Crippen molar-refractivity contribution < 1.29 is 9.53 Å². The van der Waals surface area contributed by atoms with Gasteiger partial charge in [-0.15, -0.1) is 11.3 Å². The third kappa shape index (κ3) is 2.62. The van der Waals surface area contributed by atoms with Crippen LogP contribution in [0.1, 0.15) is 10.4 Å². The lowest BCUT2D eigenvalue weighted by molar-refractivity contribution is 0.0534. The molecule has 3 aromatic rings. The van der Waals surface area contributed by atoms with Crippen molar-refractivity contribution in [2.45, 2.75) is 0 Å². The number of rotatable bonds is 4. The van der Waals surface area contributed by atoms with Gasteiger partial charge < -0.3 is 10.1 Å². The molecule has 0 unspecified atom stereocenters. The smallest absolute Gasteiger partial charge is 0.339 e. The molecule has 2 aromatic heterocycles. The molecule has 0 aliphatic carbocycles. The molecule has 3 rings (SSSR count). The van der Waals surface area contributed by atoms with Crippen LogP contribution in [-0.2, 0) is 4.74 Å². The number of fused-ring (bicyclic) bond motifs is 1. The number of esters is 1. The Morgan fingerprint density at radius 2 is 2.05 bits per heavy atom. The van der Waals surface area contributed by atoms with Crippen LogP contribution in [-0.4, -0.2) is 17.7 Å². The van der Waals surface area contributed by atoms with Crippen LogP contribution in [0.15, 0.2) is 54.0 Å². The van der Waals surface area contributed by atoms with E-state index in [-0.39, 0.29) is 12.7 Å². The number of nitrogens with one attached hydrogen (secondary N) is 1. The largest absolute Gasteiger partial charge is 0.441 e. The fourth-order valence-electron chi connectivity index (χ4n) is 1.87. The summed E-state index contributed by atoms with van der Waals surface area (Å²) in [6.07, 6.45) is 1.74. The SMILES string of the molecule is O=C(OCNc1ccnc2sccc12)c1ccccc1. The number of nitrogens with zero attached hydrogens (tertiary/aromatic N) is 1. The molecule has 4 nitrogen and oxygen atoms in total. The number of ether oxygens (including phenoxy) is 1. The first-order chi connectivity index (χ1) is 9.84. The number of carbonyl (C=O) groups excluding carboxylic acids is 1. The predicted molar refractivity (Wildman–Crippen MR) is 80.0 cm³/mol. The molecule has 0 aliphatic rings. The lowest BCUT2D eigenvalue weighted by atomic mass is 10.2. The van der Waals surface area contributed by atoms with Crippen LogP contribution in [0.2, 0.25) is 0 Å². The third-order valence-electron chi connectivity index (χ3n) is 2.84. The first kappa shape index (κ1) is 12.6. The Morgan fingerprint density at radius 1 is 1.20 bits per heavy atom. The Bertz CT molecular complexity index is 725. The minimum atomic E-state index is -0.339. The number of hydrogen-bond acceptors (Lipinski definition) is 5. The van der Waals surface area contributed by atoms with Gasteiger partial charge in [-0.25, -0.2) is 9.78 Å². The van der Waals surface area contributed by atoms with E-state index in [1.807, 2.05) is 35.7 Å². The van der Waals surface area contributed by atoms with Crippen molar-refractivity contribution in [2.24, 2.45) is 0 Å². The molecular weight excluding hydrogens is 272 g/mol. The molecule has 0 spiro atoms. The lowest BCUT2D eigenvalue weighted by Gasteiger charge is -2.08. The highest BCUT2D eigenvalue weighted by molar-refractivity contribution is 7.16. The monoisotopic (exact) mass is 284 g/mol. The number of thiophene rings is 1. The number of hydrogen-bond donors (Lipinski definition) is 1. The van der Waals surface area contributed by atoms with Gasteiger partial charge in [-0.2, -0.15) is 0 Å². The second kappa shape index (κ2) is 5.71. The molecule has 0 saturated heterocycles. The maximum Gasteiger partial charge on any atom is 0.339 e. The van der Waals surface area contributed by atoms with Crippen molar-refractivity contribution >= 4 is 33.2 Å². The van der Waals surface area contributed by atoms with E-state index >= 15 is 0 Å². The van der Waals surface area contributed by atoms with Crippen LogP contribution in [0.4, 0.5) is 5.69 Å². The van der Waals surface area contributed by atoms with Crippen LogP contribution in [0.3, 0.4) is 0 Å². The molecule has 5 heteroatoms. The van der Waals surface area contributed by atoms with Crippen LogP contribution >= 0.6 is 11.3 Å². The molecule has 0 amide bonds. The van der Waals surface area contributed by atoms with E-state index in [1.54, 1.807) is 29.7 Å². The topological polar surface area (TPSA) is 51.2 Å². The van der Waals surface area contributed by atoms with Gasteiger partial charge in [-0.05, 0) is 29.6 Å². The number of benzene rings is 1. The summed E-state index contributed by atoms with van der Waals surface area (Å²) in [5, 5.41) is 6.12. The van der Waals surface area contributed by atoms with E-state index in [4.69, 9.17) is 4.74 Å². The third-order valence-corrected chi connectivity index (χ3v) is 3.66. The summed E-state index contributed by atoms with van der Waals surface area (Å²) in [4.78, 5) is 17.0. The van der Waals surface area contributed by atoms with E-state index in [1.165, 1.54) is 0 Å². The van der Waals surface area contributed by atoms with E-state index in [2.05, 4.69) is 10.3 Å². The average molecular weight is 284 g/mol. The summed E-state index contributed by atoms with van der Waals surface area (Å²) in [6, 6.07) is 12.8. The van der Waals surface area contributed by atoms with E-state index < -0.39 is 0 Å². The molecule has 0 aliphatic heterocycles. The number of aromatic nitrogens is 1. The lowest BCUT2D eigenvalue weighted by Crippen LogP contribution is -2.12. The molecule has 1 aromatic carbocycles. The van der Waals surface area contributed by atoms with Gasteiger partial charge in [-0.3, -0.25) is 0 Å². The Kier molecular flexibility index (Phi) is 3.60. The van der Waals surface area contributed by atoms with Crippen LogP contribution in [0.25, 0.3) is 10.2 Å². The predicted octanol–water partition coefficient (Wildman–Crippen LogP) is 3.52. The van der Waals surface area contributed by atoms with Crippen molar-refractivity contribution in [1.82, 2.24) is 4.98 Å². The first-order valence-corrected chi connectivity index (χ1v) is 7.01. The molecule has 0 saturated carbocycles. The molecule has 0 fully saturated rings. The summed E-state index contributed by atoms with van der Waals surface area (Å²) in [5.74, 6) is -0.339. The summed E-state index contributed by atoms with van der Waals surface area (Å²) in [5.41, 5.74) is 1.46. The normalized spacial score (nSPS) is 10.4. The Balaban J connectivity index is 1.63. The van der Waals surface area contributed by atoms with Crippen molar-refractivity contribution in [3.63, 3.8) is 0 Å². The quantitative estimate of drug-likeness (QED) is 0.588. The summed E-state index contributed by atoms with van der Waals surface area (Å²) in [7, 11) is 0. The molecule has 0 radical (unpaired) electrons. The van der Waals surface area contributed by atoms with Gasteiger partial charge in [0.25, 0.3) is 0 Å². The second-order valence-corrected chi connectivity index (χ2v) is 5.01. The van der Waals surface area contributed by atoms with Crippen molar-refractivity contribution in [1.29, 1.82) is 0 Å². The van der Waals surface area contributed by atoms with Crippen LogP contribution < -0.4 is 5.32 Å².